The molecule has 0 aliphatic heterocycles. The van der Waals surface area contributed by atoms with E-state index in [1.807, 2.05) is 0 Å². The molecule has 0 spiro atoms. The second-order valence-corrected chi connectivity index (χ2v) is 2.54. The van der Waals surface area contributed by atoms with Gasteiger partial charge in [0, 0.05) is 0 Å². The van der Waals surface area contributed by atoms with Gasteiger partial charge < -0.3 is 20.4 Å². The molecule has 12 heavy (non-hydrogen) atoms. The zero-order valence-corrected chi connectivity index (χ0v) is 6.67. The third-order valence-electron chi connectivity index (χ3n) is 0.513. The number of nitrogen functional groups attached to an aromatic ring is 1. The Balaban J connectivity index is 0.000000217. The summed E-state index contributed by atoms with van der Waals surface area (Å²) in [5.41, 5.74) is 5.10. The van der Waals surface area contributed by atoms with Crippen molar-refractivity contribution in [1.82, 2.24) is 15.0 Å². The van der Waals surface area contributed by atoms with E-state index in [2.05, 4.69) is 15.0 Å². The van der Waals surface area contributed by atoms with Crippen LogP contribution in [-0.4, -0.2) is 29.6 Å². The number of hydrogen-bond acceptors (Lipinski definition) is 5. The van der Waals surface area contributed by atoms with Gasteiger partial charge in [0.15, 0.2) is 0 Å². The standard InChI is InChI=1S/C3H4N4.H3O4P/c4-3-6-1-5-2-7-3;1-5(2,3)4/h1-2H,(H2,4,5,6,7);(H3,1,2,3,4). The molecule has 9 heteroatoms. The van der Waals surface area contributed by atoms with Gasteiger partial charge in [-0.2, -0.15) is 0 Å². The van der Waals surface area contributed by atoms with Crippen LogP contribution in [0.5, 0.6) is 0 Å². The molecule has 1 aromatic rings. The number of phosphoric acid groups is 1. The SMILES string of the molecule is Nc1ncncn1.O=P(O)(O)O. The third kappa shape index (κ3) is 11.7. The van der Waals surface area contributed by atoms with Gasteiger partial charge in [-0.25, -0.2) is 19.5 Å². The smallest absolute Gasteiger partial charge is 0.368 e. The summed E-state index contributed by atoms with van der Waals surface area (Å²) >= 11 is 0. The van der Waals surface area contributed by atoms with E-state index < -0.39 is 7.82 Å². The minimum atomic E-state index is -4.64. The van der Waals surface area contributed by atoms with E-state index >= 15 is 0 Å². The van der Waals surface area contributed by atoms with Crippen LogP contribution in [-0.2, 0) is 4.57 Å². The van der Waals surface area contributed by atoms with Crippen molar-refractivity contribution in [3.05, 3.63) is 12.7 Å². The monoisotopic (exact) mass is 194 g/mol. The van der Waals surface area contributed by atoms with E-state index in [1.165, 1.54) is 12.7 Å². The molecule has 0 saturated carbocycles. The first kappa shape index (κ1) is 10.9. The second-order valence-electron chi connectivity index (χ2n) is 1.51. The van der Waals surface area contributed by atoms with Crippen molar-refractivity contribution in [2.24, 2.45) is 0 Å². The fourth-order valence-corrected chi connectivity index (χ4v) is 0.248. The zero-order chi connectivity index (χ0) is 9.61. The van der Waals surface area contributed by atoms with Crippen molar-refractivity contribution in [3.63, 3.8) is 0 Å². The van der Waals surface area contributed by atoms with E-state index in [4.69, 9.17) is 25.0 Å². The van der Waals surface area contributed by atoms with Gasteiger partial charge in [0.25, 0.3) is 0 Å². The zero-order valence-electron chi connectivity index (χ0n) is 5.77. The molecule has 0 aliphatic rings. The molecular formula is C3H7N4O4P. The molecule has 0 bridgehead atoms. The Morgan fingerprint density at radius 2 is 1.58 bits per heavy atom. The molecule has 0 atom stereocenters. The Morgan fingerprint density at radius 1 is 1.25 bits per heavy atom. The van der Waals surface area contributed by atoms with Crippen molar-refractivity contribution in [2.75, 3.05) is 5.73 Å². The molecule has 0 saturated heterocycles. The Kier molecular flexibility index (Phi) is 4.30. The summed E-state index contributed by atoms with van der Waals surface area (Å²) < 4.78 is 8.88. The summed E-state index contributed by atoms with van der Waals surface area (Å²) in [7, 11) is -4.64. The van der Waals surface area contributed by atoms with Crippen LogP contribution < -0.4 is 5.73 Å². The van der Waals surface area contributed by atoms with Gasteiger partial charge in [-0.3, -0.25) is 0 Å². The Labute approximate surface area is 67.4 Å². The summed E-state index contributed by atoms with van der Waals surface area (Å²) in [4.78, 5) is 32.2. The third-order valence-corrected chi connectivity index (χ3v) is 0.513. The minimum absolute atomic E-state index is 0.259. The van der Waals surface area contributed by atoms with Crippen molar-refractivity contribution in [1.29, 1.82) is 0 Å². The van der Waals surface area contributed by atoms with E-state index in [9.17, 15) is 0 Å². The van der Waals surface area contributed by atoms with E-state index in [-0.39, 0.29) is 5.95 Å². The lowest BCUT2D eigenvalue weighted by Crippen LogP contribution is -1.92. The Hall–Kier alpha value is -1.08. The molecule has 0 amide bonds. The number of nitrogens with two attached hydrogens (primary N) is 1. The highest BCUT2D eigenvalue weighted by atomic mass is 31.2. The maximum Gasteiger partial charge on any atom is 0.466 e. The van der Waals surface area contributed by atoms with Crippen LogP contribution in [0.3, 0.4) is 0 Å². The summed E-state index contributed by atoms with van der Waals surface area (Å²) in [6.07, 6.45) is 2.70. The molecule has 68 valence electrons. The van der Waals surface area contributed by atoms with Crippen molar-refractivity contribution >= 4 is 13.8 Å². The maximum absolute atomic E-state index is 8.88. The minimum Gasteiger partial charge on any atom is -0.368 e. The molecule has 1 rings (SSSR count). The topological polar surface area (TPSA) is 142 Å². The van der Waals surface area contributed by atoms with E-state index in [1.54, 1.807) is 0 Å². The van der Waals surface area contributed by atoms with Crippen molar-refractivity contribution < 1.29 is 19.2 Å². The van der Waals surface area contributed by atoms with Gasteiger partial charge in [-0.05, 0) is 0 Å². The van der Waals surface area contributed by atoms with E-state index in [0.29, 0.717) is 0 Å². The molecule has 1 aromatic heterocycles. The Bertz CT molecular complexity index is 252. The lowest BCUT2D eigenvalue weighted by Gasteiger charge is -1.82. The van der Waals surface area contributed by atoms with Crippen LogP contribution in [0.1, 0.15) is 0 Å². The van der Waals surface area contributed by atoms with Gasteiger partial charge in [-0.1, -0.05) is 0 Å². The number of rotatable bonds is 0. The number of aromatic nitrogens is 3. The molecule has 0 aromatic carbocycles. The summed E-state index contributed by atoms with van der Waals surface area (Å²) in [6.45, 7) is 0. The van der Waals surface area contributed by atoms with Gasteiger partial charge in [0.1, 0.15) is 12.7 Å². The summed E-state index contributed by atoms with van der Waals surface area (Å²) in [5.74, 6) is 0.259. The highest BCUT2D eigenvalue weighted by Gasteiger charge is 2.00. The fraction of sp³-hybridized carbons (Fsp3) is 0. The molecule has 5 N–H and O–H groups in total. The molecule has 1 heterocycles. The largest absolute Gasteiger partial charge is 0.466 e. The fourth-order valence-electron chi connectivity index (χ4n) is 0.248. The van der Waals surface area contributed by atoms with Gasteiger partial charge in [0.05, 0.1) is 0 Å². The van der Waals surface area contributed by atoms with Gasteiger partial charge in [0.2, 0.25) is 5.95 Å². The van der Waals surface area contributed by atoms with E-state index in [0.717, 1.165) is 0 Å². The first-order chi connectivity index (χ1) is 5.39. The number of anilines is 1. The first-order valence-electron chi connectivity index (χ1n) is 2.55. The lowest BCUT2D eigenvalue weighted by atomic mass is 11.0. The van der Waals surface area contributed by atoms with Crippen LogP contribution in [0.25, 0.3) is 0 Å². The van der Waals surface area contributed by atoms with Crippen LogP contribution >= 0.6 is 7.82 Å². The number of hydrogen-bond donors (Lipinski definition) is 4. The van der Waals surface area contributed by atoms with Crippen LogP contribution in [0.2, 0.25) is 0 Å². The van der Waals surface area contributed by atoms with Crippen LogP contribution in [0.4, 0.5) is 5.95 Å². The highest BCUT2D eigenvalue weighted by molar-refractivity contribution is 7.45. The molecule has 0 aliphatic carbocycles. The molecule has 0 fully saturated rings. The average molecular weight is 194 g/mol. The molecule has 0 unspecified atom stereocenters. The van der Waals surface area contributed by atoms with Gasteiger partial charge >= 0.3 is 7.82 Å². The predicted molar refractivity (Wildman–Crippen MR) is 38.5 cm³/mol. The predicted octanol–water partition coefficient (Wildman–Crippen LogP) is -1.47. The molecular weight excluding hydrogens is 187 g/mol. The second kappa shape index (κ2) is 4.73. The summed E-state index contributed by atoms with van der Waals surface area (Å²) in [5, 5.41) is 0. The van der Waals surface area contributed by atoms with Crippen molar-refractivity contribution in [3.8, 4) is 0 Å². The molecule has 0 radical (unpaired) electrons. The maximum atomic E-state index is 8.88. The normalized spacial score (nSPS) is 9.92. The lowest BCUT2D eigenvalue weighted by molar-refractivity contribution is 0.275. The van der Waals surface area contributed by atoms with Crippen molar-refractivity contribution in [2.45, 2.75) is 0 Å². The quantitative estimate of drug-likeness (QED) is 0.366. The molecule has 8 nitrogen and oxygen atoms in total. The van der Waals surface area contributed by atoms with Crippen LogP contribution in [0, 0.1) is 0 Å². The Morgan fingerprint density at radius 3 is 1.75 bits per heavy atom. The van der Waals surface area contributed by atoms with Gasteiger partial charge in [-0.15, -0.1) is 0 Å². The van der Waals surface area contributed by atoms with Crippen LogP contribution in [0.15, 0.2) is 12.7 Å². The highest BCUT2D eigenvalue weighted by Crippen LogP contribution is 2.25. The first-order valence-corrected chi connectivity index (χ1v) is 4.12. The summed E-state index contributed by atoms with van der Waals surface area (Å²) in [6, 6.07) is 0. The average Bonchev–Trinajstić information content (AvgIpc) is 1.85. The number of nitrogens with zero attached hydrogens (tertiary/aromatic N) is 3.